The maximum Gasteiger partial charge on any atom is 0.141 e. The highest BCUT2D eigenvalue weighted by Crippen LogP contribution is 2.24. The molecule has 1 aliphatic carbocycles. The minimum absolute atomic E-state index is 0.681. The molecule has 5 nitrogen and oxygen atoms in total. The Morgan fingerprint density at radius 1 is 1.56 bits per heavy atom. The summed E-state index contributed by atoms with van der Waals surface area (Å²) in [4.78, 5) is 6.45. The molecule has 1 aromatic heterocycles. The van der Waals surface area contributed by atoms with E-state index >= 15 is 0 Å². The van der Waals surface area contributed by atoms with E-state index in [0.717, 1.165) is 24.8 Å². The zero-order chi connectivity index (χ0) is 11.4. The molecule has 0 aliphatic heterocycles. The van der Waals surface area contributed by atoms with Crippen LogP contribution in [0, 0.1) is 0 Å². The third kappa shape index (κ3) is 3.08. The Labute approximate surface area is 96.0 Å². The number of nitrogens with zero attached hydrogens (tertiary/aromatic N) is 2. The number of pyridine rings is 1. The molecule has 0 saturated heterocycles. The molecule has 4 N–H and O–H groups in total. The Morgan fingerprint density at radius 3 is 3.06 bits per heavy atom. The van der Waals surface area contributed by atoms with Gasteiger partial charge in [0, 0.05) is 37.1 Å². The maximum atomic E-state index is 5.30. The predicted molar refractivity (Wildman–Crippen MR) is 66.2 cm³/mol. The standard InChI is InChI=1S/C11H19N5/c1-16(10-2-3-10)7-6-13-9-4-5-14-11(8-9)15-12/h4-5,8,10H,2-3,6-7,12H2,1H3,(H2,13,14,15). The smallest absolute Gasteiger partial charge is 0.141 e. The van der Waals surface area contributed by atoms with Gasteiger partial charge in [-0.2, -0.15) is 0 Å². The molecule has 0 atom stereocenters. The van der Waals surface area contributed by atoms with Gasteiger partial charge in [0.1, 0.15) is 5.82 Å². The number of anilines is 2. The predicted octanol–water partition coefficient (Wildman–Crippen LogP) is 0.873. The summed E-state index contributed by atoms with van der Waals surface area (Å²) < 4.78 is 0. The number of rotatable bonds is 6. The Morgan fingerprint density at radius 2 is 2.38 bits per heavy atom. The topological polar surface area (TPSA) is 66.2 Å². The molecule has 1 fully saturated rings. The number of likely N-dealkylation sites (N-methyl/N-ethyl adjacent to an activating group) is 1. The monoisotopic (exact) mass is 221 g/mol. The van der Waals surface area contributed by atoms with Crippen molar-refractivity contribution in [2.24, 2.45) is 5.84 Å². The third-order valence-electron chi connectivity index (χ3n) is 2.87. The number of hydrogen-bond acceptors (Lipinski definition) is 5. The van der Waals surface area contributed by atoms with Crippen molar-refractivity contribution in [3.8, 4) is 0 Å². The molecule has 0 spiro atoms. The molecule has 0 unspecified atom stereocenters. The van der Waals surface area contributed by atoms with Gasteiger partial charge in [-0.25, -0.2) is 10.8 Å². The first-order chi connectivity index (χ1) is 7.79. The van der Waals surface area contributed by atoms with E-state index in [9.17, 15) is 0 Å². The molecule has 0 radical (unpaired) electrons. The summed E-state index contributed by atoms with van der Waals surface area (Å²) in [6.07, 6.45) is 4.45. The molecule has 0 bridgehead atoms. The molecule has 16 heavy (non-hydrogen) atoms. The van der Waals surface area contributed by atoms with Crippen molar-refractivity contribution in [3.63, 3.8) is 0 Å². The molecule has 88 valence electrons. The fraction of sp³-hybridized carbons (Fsp3) is 0.545. The zero-order valence-corrected chi connectivity index (χ0v) is 9.61. The second kappa shape index (κ2) is 5.14. The number of nitrogens with one attached hydrogen (secondary N) is 2. The van der Waals surface area contributed by atoms with Crippen LogP contribution in [0.1, 0.15) is 12.8 Å². The second-order valence-corrected chi connectivity index (χ2v) is 4.21. The summed E-state index contributed by atoms with van der Waals surface area (Å²) in [5.74, 6) is 5.98. The van der Waals surface area contributed by atoms with Gasteiger partial charge in [-0.3, -0.25) is 0 Å². The van der Waals surface area contributed by atoms with Crippen LogP contribution >= 0.6 is 0 Å². The van der Waals surface area contributed by atoms with Crippen LogP contribution < -0.4 is 16.6 Å². The van der Waals surface area contributed by atoms with Crippen LogP contribution in [0.15, 0.2) is 18.3 Å². The molecular weight excluding hydrogens is 202 g/mol. The van der Waals surface area contributed by atoms with E-state index in [1.807, 2.05) is 12.1 Å². The summed E-state index contributed by atoms with van der Waals surface area (Å²) in [5.41, 5.74) is 3.58. The molecular formula is C11H19N5. The lowest BCUT2D eigenvalue weighted by atomic mass is 10.4. The van der Waals surface area contributed by atoms with Crippen molar-refractivity contribution in [1.29, 1.82) is 0 Å². The molecule has 0 amide bonds. The van der Waals surface area contributed by atoms with Crippen LogP contribution in [-0.2, 0) is 0 Å². The lowest BCUT2D eigenvalue weighted by Crippen LogP contribution is -2.27. The highest BCUT2D eigenvalue weighted by molar-refractivity contribution is 5.51. The van der Waals surface area contributed by atoms with Gasteiger partial charge in [-0.1, -0.05) is 0 Å². The van der Waals surface area contributed by atoms with E-state index in [1.54, 1.807) is 6.20 Å². The van der Waals surface area contributed by atoms with E-state index in [-0.39, 0.29) is 0 Å². The van der Waals surface area contributed by atoms with Crippen LogP contribution in [0.4, 0.5) is 11.5 Å². The van der Waals surface area contributed by atoms with Crippen molar-refractivity contribution in [1.82, 2.24) is 9.88 Å². The van der Waals surface area contributed by atoms with Crippen LogP contribution in [0.25, 0.3) is 0 Å². The van der Waals surface area contributed by atoms with E-state index < -0.39 is 0 Å². The highest BCUT2D eigenvalue weighted by Gasteiger charge is 2.25. The summed E-state index contributed by atoms with van der Waals surface area (Å²) in [6.45, 7) is 2.01. The minimum atomic E-state index is 0.681. The number of hydrazine groups is 1. The van der Waals surface area contributed by atoms with Crippen LogP contribution in [-0.4, -0.2) is 36.1 Å². The fourth-order valence-corrected chi connectivity index (χ4v) is 1.69. The van der Waals surface area contributed by atoms with Crippen molar-refractivity contribution in [2.45, 2.75) is 18.9 Å². The van der Waals surface area contributed by atoms with Gasteiger partial charge in [0.2, 0.25) is 0 Å². The average molecular weight is 221 g/mol. The SMILES string of the molecule is CN(CCNc1ccnc(NN)c1)C1CC1. The fourth-order valence-electron chi connectivity index (χ4n) is 1.69. The maximum absolute atomic E-state index is 5.30. The first-order valence-corrected chi connectivity index (χ1v) is 5.66. The third-order valence-corrected chi connectivity index (χ3v) is 2.87. The van der Waals surface area contributed by atoms with Gasteiger partial charge in [0.25, 0.3) is 0 Å². The lowest BCUT2D eigenvalue weighted by Gasteiger charge is -2.16. The largest absolute Gasteiger partial charge is 0.384 e. The molecule has 1 heterocycles. The van der Waals surface area contributed by atoms with Crippen LogP contribution in [0.3, 0.4) is 0 Å². The van der Waals surface area contributed by atoms with E-state index in [4.69, 9.17) is 5.84 Å². The number of nitrogen functional groups attached to an aromatic ring is 1. The van der Waals surface area contributed by atoms with Gasteiger partial charge < -0.3 is 15.6 Å². The Kier molecular flexibility index (Phi) is 3.58. The Balaban J connectivity index is 1.75. The second-order valence-electron chi connectivity index (χ2n) is 4.21. The van der Waals surface area contributed by atoms with Crippen molar-refractivity contribution < 1.29 is 0 Å². The zero-order valence-electron chi connectivity index (χ0n) is 9.61. The van der Waals surface area contributed by atoms with Gasteiger partial charge >= 0.3 is 0 Å². The number of nitrogens with two attached hydrogens (primary N) is 1. The first-order valence-electron chi connectivity index (χ1n) is 5.66. The normalized spacial score (nSPS) is 15.2. The summed E-state index contributed by atoms with van der Waals surface area (Å²) in [7, 11) is 2.18. The molecule has 1 aromatic rings. The van der Waals surface area contributed by atoms with Crippen LogP contribution in [0.5, 0.6) is 0 Å². The summed E-state index contributed by atoms with van der Waals surface area (Å²) >= 11 is 0. The number of aromatic nitrogens is 1. The quantitative estimate of drug-likeness (QED) is 0.491. The molecule has 5 heteroatoms. The molecule has 2 rings (SSSR count). The van der Waals surface area contributed by atoms with Crippen molar-refractivity contribution >= 4 is 11.5 Å². The van der Waals surface area contributed by atoms with Gasteiger partial charge in [-0.15, -0.1) is 0 Å². The van der Waals surface area contributed by atoms with Crippen molar-refractivity contribution in [2.75, 3.05) is 30.9 Å². The summed E-state index contributed by atoms with van der Waals surface area (Å²) in [6, 6.07) is 4.66. The number of hydrogen-bond donors (Lipinski definition) is 3. The van der Waals surface area contributed by atoms with Gasteiger partial charge in [0.15, 0.2) is 0 Å². The van der Waals surface area contributed by atoms with Crippen molar-refractivity contribution in [3.05, 3.63) is 18.3 Å². The average Bonchev–Trinajstić information content (AvgIpc) is 3.13. The van der Waals surface area contributed by atoms with Gasteiger partial charge in [0.05, 0.1) is 0 Å². The van der Waals surface area contributed by atoms with E-state index in [0.29, 0.717) is 5.82 Å². The Hall–Kier alpha value is -1.33. The molecule has 1 saturated carbocycles. The van der Waals surface area contributed by atoms with E-state index in [1.165, 1.54) is 12.8 Å². The van der Waals surface area contributed by atoms with Crippen LogP contribution in [0.2, 0.25) is 0 Å². The first kappa shape index (κ1) is 11.2. The molecule has 0 aromatic carbocycles. The summed E-state index contributed by atoms with van der Waals surface area (Å²) in [5, 5.41) is 3.36. The highest BCUT2D eigenvalue weighted by atomic mass is 15.2. The lowest BCUT2D eigenvalue weighted by molar-refractivity contribution is 0.337. The minimum Gasteiger partial charge on any atom is -0.384 e. The molecule has 1 aliphatic rings. The van der Waals surface area contributed by atoms with E-state index in [2.05, 4.69) is 27.7 Å². The van der Waals surface area contributed by atoms with Gasteiger partial charge in [-0.05, 0) is 26.0 Å². The Bertz CT molecular complexity index is 337.